The fraction of sp³-hybridized carbons (Fsp3) is 0.817. The van der Waals surface area contributed by atoms with Gasteiger partial charge in [-0.15, -0.1) is 0 Å². The lowest BCUT2D eigenvalue weighted by Gasteiger charge is -2.41. The van der Waals surface area contributed by atoms with E-state index in [0.29, 0.717) is 25.0 Å². The highest BCUT2D eigenvalue weighted by Crippen LogP contribution is 2.27. The first kappa shape index (κ1) is 89.3. The number of unbranched alkanes of at least 4 members (excludes halogenated alkanes) is 1. The standard InChI is InChI=1S/C71H129N11O14S/c1-27-29-32-46(13)59(84)58-63(88)74-49(28-2)65(90)80(24)54(40-97-34-31-30-33-70(16,17)95)55(83)39-76(20)53(38-71(18,19)96)62(87)75-56(44(9)10)68(93)77(21)50(35-41(3)4)61(86)72-47(14)60(85)73-48(15)64(89)78(22)51(36-42(5)6)66(91)79(23)52(37-43(7)8)67(92)81(25)57(45(11)12)69(94)82(58)26/h27,29,41-54,56-59,84,95-96H,28,30-40H2,1-26H3,(H,72,86)(H,73,85)(H,74,88)(H,75,87)/b29-27+/t46-,47+,48-,49+,50+,51+,52+,53+,54+,56+,57+,58+,59-/m1/s1. The van der Waals surface area contributed by atoms with Gasteiger partial charge in [0.25, 0.3) is 0 Å². The molecule has 1 heterocycles. The number of carbonyl (C=O) groups excluding carboxylic acids is 11. The second kappa shape index (κ2) is 40.5. The van der Waals surface area contributed by atoms with Crippen LogP contribution in [0.25, 0.3) is 0 Å². The van der Waals surface area contributed by atoms with Gasteiger partial charge in [-0.05, 0) is 148 Å². The Morgan fingerprint density at radius 2 is 0.979 bits per heavy atom. The molecule has 1 fully saturated rings. The highest BCUT2D eigenvalue weighted by Gasteiger charge is 2.46. The molecule has 558 valence electrons. The van der Waals surface area contributed by atoms with Crippen LogP contribution in [0, 0.1) is 35.5 Å². The zero-order chi connectivity index (χ0) is 75.2. The quantitative estimate of drug-likeness (QED) is 0.0581. The lowest BCUT2D eigenvalue weighted by Crippen LogP contribution is -2.64. The van der Waals surface area contributed by atoms with E-state index in [-0.39, 0.29) is 62.0 Å². The number of allylic oxidation sites excluding steroid dienone is 2. The number of thioether (sulfide) groups is 1. The van der Waals surface area contributed by atoms with Crippen molar-refractivity contribution in [1.82, 2.24) is 55.6 Å². The summed E-state index contributed by atoms with van der Waals surface area (Å²) in [5.41, 5.74) is -2.41. The van der Waals surface area contributed by atoms with Crippen LogP contribution in [0.5, 0.6) is 0 Å². The molecule has 0 saturated carbocycles. The molecule has 0 aliphatic carbocycles. The molecule has 1 aliphatic rings. The molecule has 0 aromatic rings. The Labute approximate surface area is 585 Å². The van der Waals surface area contributed by atoms with Crippen molar-refractivity contribution in [3.63, 3.8) is 0 Å². The van der Waals surface area contributed by atoms with E-state index in [1.807, 2.05) is 41.5 Å². The largest absolute Gasteiger partial charge is 0.390 e. The minimum Gasteiger partial charge on any atom is -0.390 e. The van der Waals surface area contributed by atoms with Gasteiger partial charge in [0.2, 0.25) is 59.1 Å². The molecule has 26 heteroatoms. The zero-order valence-electron chi connectivity index (χ0n) is 63.9. The van der Waals surface area contributed by atoms with E-state index in [1.165, 1.54) is 118 Å². The highest BCUT2D eigenvalue weighted by molar-refractivity contribution is 7.99. The summed E-state index contributed by atoms with van der Waals surface area (Å²) >= 11 is 1.39. The molecular formula is C71H129N11O14S. The van der Waals surface area contributed by atoms with Gasteiger partial charge in [-0.3, -0.25) is 57.6 Å². The van der Waals surface area contributed by atoms with E-state index in [2.05, 4.69) is 21.3 Å². The molecule has 7 N–H and O–H groups in total. The Morgan fingerprint density at radius 3 is 1.45 bits per heavy atom. The number of ketones is 1. The number of hydrogen-bond acceptors (Lipinski definition) is 16. The first-order valence-corrected chi connectivity index (χ1v) is 36.1. The number of rotatable bonds is 22. The molecule has 25 nitrogen and oxygen atoms in total. The lowest BCUT2D eigenvalue weighted by atomic mass is 9.91. The maximum absolute atomic E-state index is 15.4. The van der Waals surface area contributed by atoms with E-state index < -0.39 is 173 Å². The van der Waals surface area contributed by atoms with Gasteiger partial charge in [-0.25, -0.2) is 0 Å². The fourth-order valence-electron chi connectivity index (χ4n) is 12.1. The molecule has 1 rings (SSSR count). The van der Waals surface area contributed by atoms with Crippen LogP contribution in [-0.4, -0.2) is 266 Å². The molecule has 1 aliphatic heterocycles. The van der Waals surface area contributed by atoms with Crippen LogP contribution >= 0.6 is 11.8 Å². The predicted molar refractivity (Wildman–Crippen MR) is 381 cm³/mol. The van der Waals surface area contributed by atoms with Crippen LogP contribution in [0.15, 0.2) is 12.2 Å². The van der Waals surface area contributed by atoms with Gasteiger partial charge in [-0.2, -0.15) is 11.8 Å². The summed E-state index contributed by atoms with van der Waals surface area (Å²) in [6.45, 7) is 32.0. The third-order valence-corrected chi connectivity index (χ3v) is 19.3. The minimum atomic E-state index is -1.65. The summed E-state index contributed by atoms with van der Waals surface area (Å²) in [4.78, 5) is 172. The van der Waals surface area contributed by atoms with Gasteiger partial charge in [0, 0.05) is 54.5 Å². The second-order valence-electron chi connectivity index (χ2n) is 30.5. The number of amides is 10. The minimum absolute atomic E-state index is 0.0118. The summed E-state index contributed by atoms with van der Waals surface area (Å²) in [5.74, 6) is -9.28. The van der Waals surface area contributed by atoms with Crippen LogP contribution in [-0.2, 0) is 52.7 Å². The van der Waals surface area contributed by atoms with Crippen LogP contribution in [0.1, 0.15) is 189 Å². The highest BCUT2D eigenvalue weighted by atomic mass is 32.2. The van der Waals surface area contributed by atoms with Crippen molar-refractivity contribution >= 4 is 76.6 Å². The van der Waals surface area contributed by atoms with Crippen LogP contribution < -0.4 is 21.3 Å². The van der Waals surface area contributed by atoms with Crippen molar-refractivity contribution < 1.29 is 68.1 Å². The van der Waals surface area contributed by atoms with Gasteiger partial charge in [-0.1, -0.05) is 95.2 Å². The number of likely N-dealkylation sites (N-methyl/N-ethyl adjacent to an activating group) is 7. The number of carbonyl (C=O) groups is 11. The number of Topliss-reactive ketones (excluding diaryl/α,β-unsaturated/α-hetero) is 1. The van der Waals surface area contributed by atoms with Gasteiger partial charge < -0.3 is 66.0 Å². The first-order chi connectivity index (χ1) is 44.6. The Balaban J connectivity index is 4.51. The molecule has 97 heavy (non-hydrogen) atoms. The molecular weight excluding hydrogens is 1260 g/mol. The summed E-state index contributed by atoms with van der Waals surface area (Å²) in [6.07, 6.45) is 4.34. The maximum atomic E-state index is 15.4. The molecule has 1 saturated heterocycles. The van der Waals surface area contributed by atoms with Gasteiger partial charge in [0.05, 0.1) is 29.9 Å². The molecule has 13 atom stereocenters. The van der Waals surface area contributed by atoms with Crippen molar-refractivity contribution in [3.05, 3.63) is 12.2 Å². The Morgan fingerprint density at radius 1 is 0.515 bits per heavy atom. The maximum Gasteiger partial charge on any atom is 0.246 e. The van der Waals surface area contributed by atoms with Crippen molar-refractivity contribution in [2.24, 2.45) is 35.5 Å². The summed E-state index contributed by atoms with van der Waals surface area (Å²) < 4.78 is 0. The second-order valence-corrected chi connectivity index (χ2v) is 31.6. The zero-order valence-corrected chi connectivity index (χ0v) is 64.7. The van der Waals surface area contributed by atoms with Crippen molar-refractivity contribution in [2.75, 3.05) is 67.4 Å². The number of aliphatic hydroxyl groups is 3. The van der Waals surface area contributed by atoms with E-state index in [1.54, 1.807) is 74.5 Å². The van der Waals surface area contributed by atoms with E-state index >= 15 is 28.8 Å². The average Bonchev–Trinajstić information content (AvgIpc) is 0.806. The Bertz CT molecular complexity index is 2640. The molecule has 0 spiro atoms. The van der Waals surface area contributed by atoms with Crippen molar-refractivity contribution in [1.29, 1.82) is 0 Å². The fourth-order valence-corrected chi connectivity index (χ4v) is 13.3. The van der Waals surface area contributed by atoms with E-state index in [4.69, 9.17) is 0 Å². The monoisotopic (exact) mass is 1390 g/mol. The molecule has 0 aromatic heterocycles. The van der Waals surface area contributed by atoms with Gasteiger partial charge >= 0.3 is 0 Å². The number of nitrogens with one attached hydrogen (secondary N) is 4. The van der Waals surface area contributed by atoms with E-state index in [0.717, 1.165) is 4.90 Å². The van der Waals surface area contributed by atoms with Gasteiger partial charge in [0.1, 0.15) is 60.4 Å². The lowest BCUT2D eigenvalue weighted by molar-refractivity contribution is -0.157. The summed E-state index contributed by atoms with van der Waals surface area (Å²) in [6, 6.07) is -14.0. The molecule has 0 unspecified atom stereocenters. The smallest absolute Gasteiger partial charge is 0.246 e. The molecule has 0 aromatic carbocycles. The first-order valence-electron chi connectivity index (χ1n) is 35.0. The Kier molecular flexibility index (Phi) is 37.3. The van der Waals surface area contributed by atoms with Crippen LogP contribution in [0.3, 0.4) is 0 Å². The summed E-state index contributed by atoms with van der Waals surface area (Å²) in [7, 11) is 10.0. The summed E-state index contributed by atoms with van der Waals surface area (Å²) in [5, 5.41) is 45.1. The number of nitrogens with zero attached hydrogens (tertiary/aromatic N) is 7. The van der Waals surface area contributed by atoms with Crippen molar-refractivity contribution in [3.8, 4) is 0 Å². The predicted octanol–water partition coefficient (Wildman–Crippen LogP) is 4.47. The van der Waals surface area contributed by atoms with Gasteiger partial charge in [0.15, 0.2) is 5.78 Å². The average molecular weight is 1390 g/mol. The number of aliphatic hydroxyl groups excluding tert-OH is 1. The topological polar surface area (TPSA) is 319 Å². The van der Waals surface area contributed by atoms with Crippen LogP contribution in [0.2, 0.25) is 0 Å². The number of hydrogen-bond donors (Lipinski definition) is 7. The van der Waals surface area contributed by atoms with E-state index in [9.17, 15) is 39.3 Å². The molecule has 10 amide bonds. The van der Waals surface area contributed by atoms with Crippen LogP contribution in [0.4, 0.5) is 0 Å². The third-order valence-electron chi connectivity index (χ3n) is 18.2. The third kappa shape index (κ3) is 27.7. The molecule has 0 bridgehead atoms. The Hall–Kier alpha value is -5.70. The van der Waals surface area contributed by atoms with Crippen molar-refractivity contribution in [2.45, 2.75) is 273 Å². The normalized spacial score (nSPS) is 26.5. The molecule has 0 radical (unpaired) electrons. The SMILES string of the molecule is C/C=C/C[C@@H](C)[C@@H](O)[C@H]1C(=O)N[C@@H](CC)C(=O)N(C)[C@@H](CSCCCCC(C)(C)O)C(=O)CN(C)[C@@H](CC(C)(C)O)C(=O)N[C@@H](C(C)C)C(=O)N(C)[C@@H](CC(C)C)C(=O)N[C@@H](C)C(=O)N[C@H](C)C(=O)N(C)[C@@H](CC(C)C)C(=O)N(C)[C@@H](CC(C)C)C(=O)N(C)[C@@H](C(C)C)C(=O)N1C.